The van der Waals surface area contributed by atoms with Gasteiger partial charge in [0.2, 0.25) is 5.91 Å². The van der Waals surface area contributed by atoms with Crippen molar-refractivity contribution in [2.45, 2.75) is 19.4 Å². The fourth-order valence-corrected chi connectivity index (χ4v) is 1.16. The van der Waals surface area contributed by atoms with Crippen LogP contribution < -0.4 is 21.8 Å². The fraction of sp³-hybridized carbons (Fsp3) is 0.500. The van der Waals surface area contributed by atoms with Crippen molar-refractivity contribution in [1.29, 1.82) is 0 Å². The highest BCUT2D eigenvalue weighted by Gasteiger charge is 2.13. The molecular weight excluding hydrogens is 224 g/mol. The van der Waals surface area contributed by atoms with Gasteiger partial charge in [-0.3, -0.25) is 9.59 Å². The zero-order valence-corrected chi connectivity index (χ0v) is 9.63. The summed E-state index contributed by atoms with van der Waals surface area (Å²) in [5, 5.41) is 3.83. The van der Waals surface area contributed by atoms with Crippen LogP contribution in [0, 0.1) is 0 Å². The largest absolute Gasteiger partial charge is 0.492 e. The van der Waals surface area contributed by atoms with Crippen molar-refractivity contribution in [3.63, 3.8) is 0 Å². The smallest absolute Gasteiger partial charge is 0.271 e. The first-order valence-corrected chi connectivity index (χ1v) is 5.27. The predicted octanol–water partition coefficient (Wildman–Crippen LogP) is -0.983. The monoisotopic (exact) mass is 240 g/mol. The summed E-state index contributed by atoms with van der Waals surface area (Å²) in [7, 11) is 0. The average Bonchev–Trinajstić information content (AvgIpc) is 2.28. The number of ether oxygens (including phenoxy) is 1. The molecule has 1 amide bonds. The molecule has 0 aliphatic carbocycles. The number of hydrogen-bond donors (Lipinski definition) is 2. The van der Waals surface area contributed by atoms with Gasteiger partial charge in [0.1, 0.15) is 11.8 Å². The molecule has 0 radical (unpaired) electrons. The zero-order chi connectivity index (χ0) is 12.8. The number of nitrogens with zero attached hydrogens (tertiary/aromatic N) is 2. The lowest BCUT2D eigenvalue weighted by molar-refractivity contribution is -0.121. The van der Waals surface area contributed by atoms with E-state index in [1.54, 1.807) is 0 Å². The number of rotatable bonds is 6. The molecule has 0 aliphatic rings. The first kappa shape index (κ1) is 13.2. The van der Waals surface area contributed by atoms with Gasteiger partial charge in [-0.15, -0.1) is 0 Å². The lowest BCUT2D eigenvalue weighted by Crippen LogP contribution is -2.33. The van der Waals surface area contributed by atoms with Gasteiger partial charge in [-0.25, -0.2) is 4.68 Å². The molecule has 0 saturated heterocycles. The van der Waals surface area contributed by atoms with Crippen LogP contribution in [0.15, 0.2) is 17.1 Å². The molecule has 17 heavy (non-hydrogen) atoms. The van der Waals surface area contributed by atoms with E-state index in [4.69, 9.17) is 16.2 Å². The van der Waals surface area contributed by atoms with E-state index in [2.05, 4.69) is 5.10 Å². The second-order valence-corrected chi connectivity index (χ2v) is 3.54. The van der Waals surface area contributed by atoms with E-state index in [1.165, 1.54) is 19.2 Å². The third-order valence-electron chi connectivity index (χ3n) is 2.20. The van der Waals surface area contributed by atoms with Crippen molar-refractivity contribution < 1.29 is 9.53 Å². The molecule has 1 atom stereocenters. The topological polar surface area (TPSA) is 113 Å². The van der Waals surface area contributed by atoms with Gasteiger partial charge in [-0.2, -0.15) is 5.10 Å². The molecule has 1 heterocycles. The number of primary amides is 1. The quantitative estimate of drug-likeness (QED) is 0.620. The van der Waals surface area contributed by atoms with Crippen LogP contribution >= 0.6 is 0 Å². The lowest BCUT2D eigenvalue weighted by atomic mass is 10.3. The molecule has 1 aromatic heterocycles. The van der Waals surface area contributed by atoms with Gasteiger partial charge in [-0.1, -0.05) is 0 Å². The van der Waals surface area contributed by atoms with Crippen LogP contribution in [0.25, 0.3) is 0 Å². The number of carbonyl (C=O) groups excluding carboxylic acids is 1. The molecule has 0 fully saturated rings. The Balaban J connectivity index is 2.79. The Labute approximate surface area is 98.4 Å². The zero-order valence-electron chi connectivity index (χ0n) is 9.63. The first-order valence-electron chi connectivity index (χ1n) is 5.27. The Morgan fingerprint density at radius 1 is 1.65 bits per heavy atom. The summed E-state index contributed by atoms with van der Waals surface area (Å²) in [5.41, 5.74) is 9.97. The molecule has 0 saturated carbocycles. The third kappa shape index (κ3) is 3.56. The standard InChI is InChI=1S/C10H16N4O3/c1-7(10(12)16)14-9(15)5-8(6-13-14)17-4-2-3-11/h5-7H,2-4,11H2,1H3,(H2,12,16). The highest BCUT2D eigenvalue weighted by molar-refractivity contribution is 5.77. The van der Waals surface area contributed by atoms with Crippen molar-refractivity contribution in [1.82, 2.24) is 9.78 Å². The molecular formula is C10H16N4O3. The van der Waals surface area contributed by atoms with Gasteiger partial charge in [0.05, 0.1) is 12.8 Å². The van der Waals surface area contributed by atoms with Crippen LogP contribution in [0.5, 0.6) is 5.75 Å². The Bertz CT molecular complexity index is 443. The van der Waals surface area contributed by atoms with E-state index in [0.717, 1.165) is 4.68 Å². The van der Waals surface area contributed by atoms with Crippen molar-refractivity contribution in [3.8, 4) is 5.75 Å². The maximum Gasteiger partial charge on any atom is 0.271 e. The molecule has 94 valence electrons. The minimum Gasteiger partial charge on any atom is -0.492 e. The van der Waals surface area contributed by atoms with E-state index in [9.17, 15) is 9.59 Å². The number of aromatic nitrogens is 2. The highest BCUT2D eigenvalue weighted by atomic mass is 16.5. The minimum atomic E-state index is -0.777. The number of amides is 1. The maximum atomic E-state index is 11.6. The van der Waals surface area contributed by atoms with Crippen LogP contribution in [0.2, 0.25) is 0 Å². The second kappa shape index (κ2) is 6.00. The van der Waals surface area contributed by atoms with Crippen molar-refractivity contribution in [2.75, 3.05) is 13.2 Å². The third-order valence-corrected chi connectivity index (χ3v) is 2.20. The molecule has 7 heteroatoms. The van der Waals surface area contributed by atoms with Gasteiger partial charge in [0.25, 0.3) is 5.56 Å². The van der Waals surface area contributed by atoms with Gasteiger partial charge < -0.3 is 16.2 Å². The Hall–Kier alpha value is -1.89. The summed E-state index contributed by atoms with van der Waals surface area (Å²) in [6.07, 6.45) is 2.07. The van der Waals surface area contributed by atoms with Crippen LogP contribution in [-0.4, -0.2) is 28.8 Å². The number of hydrogen-bond acceptors (Lipinski definition) is 5. The molecule has 0 aliphatic heterocycles. The molecule has 0 bridgehead atoms. The van der Waals surface area contributed by atoms with Crippen LogP contribution in [0.1, 0.15) is 19.4 Å². The summed E-state index contributed by atoms with van der Waals surface area (Å²) >= 11 is 0. The summed E-state index contributed by atoms with van der Waals surface area (Å²) in [5.74, 6) is -0.257. The molecule has 0 spiro atoms. The second-order valence-electron chi connectivity index (χ2n) is 3.54. The van der Waals surface area contributed by atoms with Crippen LogP contribution in [-0.2, 0) is 4.79 Å². The van der Waals surface area contributed by atoms with Gasteiger partial charge in [0, 0.05) is 6.07 Å². The lowest BCUT2D eigenvalue weighted by Gasteiger charge is -2.10. The van der Waals surface area contributed by atoms with Crippen LogP contribution in [0.3, 0.4) is 0 Å². The van der Waals surface area contributed by atoms with E-state index in [-0.39, 0.29) is 0 Å². The number of nitrogens with two attached hydrogens (primary N) is 2. The molecule has 0 aromatic carbocycles. The van der Waals surface area contributed by atoms with E-state index >= 15 is 0 Å². The van der Waals surface area contributed by atoms with Crippen molar-refractivity contribution >= 4 is 5.91 Å². The van der Waals surface area contributed by atoms with E-state index in [0.29, 0.717) is 25.3 Å². The predicted molar refractivity (Wildman–Crippen MR) is 61.6 cm³/mol. The Kier molecular flexibility index (Phi) is 4.65. The van der Waals surface area contributed by atoms with Crippen molar-refractivity contribution in [2.24, 2.45) is 11.5 Å². The number of carbonyl (C=O) groups is 1. The summed E-state index contributed by atoms with van der Waals surface area (Å²) in [4.78, 5) is 22.5. The molecule has 1 rings (SSSR count). The summed E-state index contributed by atoms with van der Waals surface area (Å²) in [6, 6.07) is 0.490. The summed E-state index contributed by atoms with van der Waals surface area (Å²) < 4.78 is 6.26. The molecule has 7 nitrogen and oxygen atoms in total. The van der Waals surface area contributed by atoms with Gasteiger partial charge in [-0.05, 0) is 19.9 Å². The van der Waals surface area contributed by atoms with Crippen LogP contribution in [0.4, 0.5) is 0 Å². The maximum absolute atomic E-state index is 11.6. The Morgan fingerprint density at radius 2 is 2.35 bits per heavy atom. The fourth-order valence-electron chi connectivity index (χ4n) is 1.16. The van der Waals surface area contributed by atoms with Crippen molar-refractivity contribution in [3.05, 3.63) is 22.6 Å². The average molecular weight is 240 g/mol. The first-order chi connectivity index (χ1) is 8.06. The van der Waals surface area contributed by atoms with Gasteiger partial charge in [0.15, 0.2) is 0 Å². The summed E-state index contributed by atoms with van der Waals surface area (Å²) in [6.45, 7) is 2.45. The molecule has 1 aromatic rings. The normalized spacial score (nSPS) is 12.1. The Morgan fingerprint density at radius 3 is 2.88 bits per heavy atom. The minimum absolute atomic E-state index is 0.358. The highest BCUT2D eigenvalue weighted by Crippen LogP contribution is 2.06. The van der Waals surface area contributed by atoms with E-state index < -0.39 is 17.5 Å². The SMILES string of the molecule is CC(C(N)=O)n1ncc(OCCCN)cc1=O. The van der Waals surface area contributed by atoms with Gasteiger partial charge >= 0.3 is 0 Å². The molecule has 4 N–H and O–H groups in total. The van der Waals surface area contributed by atoms with E-state index in [1.807, 2.05) is 0 Å². The molecule has 1 unspecified atom stereocenters.